The predicted molar refractivity (Wildman–Crippen MR) is 128 cm³/mol. The van der Waals surface area contributed by atoms with E-state index in [-0.39, 0.29) is 0 Å². The van der Waals surface area contributed by atoms with Gasteiger partial charge in [0, 0.05) is 23.8 Å². The van der Waals surface area contributed by atoms with Crippen molar-refractivity contribution >= 4 is 31.9 Å². The molecule has 0 aromatic heterocycles. The molecule has 0 radical (unpaired) electrons. The van der Waals surface area contributed by atoms with Crippen LogP contribution in [0.3, 0.4) is 0 Å². The van der Waals surface area contributed by atoms with Crippen LogP contribution in [0, 0.1) is 0 Å². The first kappa shape index (κ1) is 20.3. The Hall–Kier alpha value is -3.57. The van der Waals surface area contributed by atoms with E-state index < -0.39 is 9.84 Å². The highest BCUT2D eigenvalue weighted by atomic mass is 32.2. The van der Waals surface area contributed by atoms with Crippen LogP contribution in [0.4, 0.5) is 0 Å². The maximum Gasteiger partial charge on any atom is 0.175 e. The van der Waals surface area contributed by atoms with E-state index in [1.807, 2.05) is 42.5 Å². The van der Waals surface area contributed by atoms with E-state index in [9.17, 15) is 8.42 Å². The molecule has 5 rings (SSSR count). The molecule has 0 fully saturated rings. The van der Waals surface area contributed by atoms with Crippen molar-refractivity contribution in [2.45, 2.75) is 11.3 Å². The minimum atomic E-state index is -3.26. The Labute approximate surface area is 187 Å². The number of methoxy groups -OCH3 is 1. The summed E-state index contributed by atoms with van der Waals surface area (Å²) in [6.45, 7) is 0. The van der Waals surface area contributed by atoms with Gasteiger partial charge in [0.15, 0.2) is 9.84 Å². The van der Waals surface area contributed by atoms with Crippen molar-refractivity contribution in [2.24, 2.45) is 0 Å². The topological polar surface area (TPSA) is 52.6 Å². The Bertz CT molecular complexity index is 1470. The zero-order valence-corrected chi connectivity index (χ0v) is 18.6. The van der Waals surface area contributed by atoms with E-state index in [4.69, 9.17) is 9.47 Å². The molecule has 0 spiro atoms. The molecule has 160 valence electrons. The van der Waals surface area contributed by atoms with Crippen LogP contribution in [0.1, 0.15) is 16.7 Å². The van der Waals surface area contributed by atoms with Gasteiger partial charge in [-0.15, -0.1) is 0 Å². The smallest absolute Gasteiger partial charge is 0.175 e. The molecule has 0 saturated carbocycles. The lowest BCUT2D eigenvalue weighted by molar-refractivity contribution is 0.415. The molecule has 4 nitrogen and oxygen atoms in total. The number of ether oxygens (including phenoxy) is 2. The third kappa shape index (κ3) is 3.76. The fourth-order valence-corrected chi connectivity index (χ4v) is 4.68. The highest BCUT2D eigenvalue weighted by molar-refractivity contribution is 7.90. The van der Waals surface area contributed by atoms with Gasteiger partial charge in [-0.1, -0.05) is 36.4 Å². The zero-order valence-electron chi connectivity index (χ0n) is 17.8. The summed E-state index contributed by atoms with van der Waals surface area (Å²) >= 11 is 0. The van der Waals surface area contributed by atoms with Gasteiger partial charge in [-0.2, -0.15) is 0 Å². The van der Waals surface area contributed by atoms with Crippen molar-refractivity contribution in [1.82, 2.24) is 0 Å². The molecule has 1 aliphatic rings. The molecule has 4 aromatic rings. The Kier molecular flexibility index (Phi) is 4.98. The van der Waals surface area contributed by atoms with Crippen LogP contribution >= 0.6 is 0 Å². The van der Waals surface area contributed by atoms with Gasteiger partial charge >= 0.3 is 0 Å². The molecule has 0 aliphatic carbocycles. The van der Waals surface area contributed by atoms with E-state index in [2.05, 4.69) is 30.3 Å². The van der Waals surface area contributed by atoms with Gasteiger partial charge in [-0.05, 0) is 70.4 Å². The Morgan fingerprint density at radius 1 is 0.812 bits per heavy atom. The Morgan fingerprint density at radius 3 is 2.25 bits per heavy atom. The Balaban J connectivity index is 1.66. The number of allylic oxidation sites excluding steroid dienone is 1. The predicted octanol–water partition coefficient (Wildman–Crippen LogP) is 5.76. The van der Waals surface area contributed by atoms with Crippen LogP contribution in [-0.2, 0) is 16.3 Å². The molecule has 1 aliphatic heterocycles. The number of fused-ring (bicyclic) bond motifs is 2. The van der Waals surface area contributed by atoms with Gasteiger partial charge in [-0.25, -0.2) is 8.42 Å². The van der Waals surface area contributed by atoms with Gasteiger partial charge in [0.2, 0.25) is 0 Å². The quantitative estimate of drug-likeness (QED) is 0.403. The maximum atomic E-state index is 11.9. The van der Waals surface area contributed by atoms with Crippen LogP contribution in [0.2, 0.25) is 0 Å². The van der Waals surface area contributed by atoms with Gasteiger partial charge in [-0.3, -0.25) is 0 Å². The first-order valence-corrected chi connectivity index (χ1v) is 12.2. The van der Waals surface area contributed by atoms with Crippen molar-refractivity contribution in [1.29, 1.82) is 0 Å². The minimum absolute atomic E-state index is 0.291. The third-order valence-electron chi connectivity index (χ3n) is 5.77. The summed E-state index contributed by atoms with van der Waals surface area (Å²) in [6.07, 6.45) is 1.94. The lowest BCUT2D eigenvalue weighted by Crippen LogP contribution is -2.09. The second-order valence-electron chi connectivity index (χ2n) is 7.92. The summed E-state index contributed by atoms with van der Waals surface area (Å²) in [7, 11) is -1.60. The third-order valence-corrected chi connectivity index (χ3v) is 6.89. The lowest BCUT2D eigenvalue weighted by Gasteiger charge is -2.24. The molecule has 0 atom stereocenters. The van der Waals surface area contributed by atoms with Gasteiger partial charge in [0.1, 0.15) is 17.3 Å². The molecule has 0 bridgehead atoms. The van der Waals surface area contributed by atoms with E-state index >= 15 is 0 Å². The summed E-state index contributed by atoms with van der Waals surface area (Å²) in [5.41, 5.74) is 4.10. The normalized spacial score (nSPS) is 13.6. The number of rotatable bonds is 4. The molecule has 0 unspecified atom stereocenters. The maximum absolute atomic E-state index is 11.9. The van der Waals surface area contributed by atoms with Crippen LogP contribution in [0.25, 0.3) is 22.1 Å². The van der Waals surface area contributed by atoms with E-state index in [0.717, 1.165) is 56.7 Å². The van der Waals surface area contributed by atoms with Gasteiger partial charge < -0.3 is 9.47 Å². The van der Waals surface area contributed by atoms with Crippen molar-refractivity contribution in [3.8, 4) is 11.5 Å². The van der Waals surface area contributed by atoms with Crippen LogP contribution in [0.15, 0.2) is 89.8 Å². The summed E-state index contributed by atoms with van der Waals surface area (Å²) < 4.78 is 35.5. The summed E-state index contributed by atoms with van der Waals surface area (Å²) in [4.78, 5) is 0.291. The lowest BCUT2D eigenvalue weighted by atomic mass is 9.91. The fourth-order valence-electron chi connectivity index (χ4n) is 4.05. The minimum Gasteiger partial charge on any atom is -0.497 e. The standard InChI is InChI=1S/C27H22O4S/c1-30-23-12-9-19-15-21(8-7-20(19)16-23)25-17-22-5-3-4-6-26(22)31-27(25)18-10-13-24(14-11-18)32(2,28)29/h3-16H,17H2,1-2H3. The zero-order chi connectivity index (χ0) is 22.3. The highest BCUT2D eigenvalue weighted by Crippen LogP contribution is 2.40. The number of sulfone groups is 1. The monoisotopic (exact) mass is 442 g/mol. The van der Waals surface area contributed by atoms with Crippen LogP contribution in [-0.4, -0.2) is 21.8 Å². The van der Waals surface area contributed by atoms with Crippen molar-refractivity contribution in [3.05, 3.63) is 102 Å². The van der Waals surface area contributed by atoms with E-state index in [1.165, 1.54) is 6.26 Å². The number of benzene rings is 4. The molecule has 4 aromatic carbocycles. The van der Waals surface area contributed by atoms with Crippen LogP contribution in [0.5, 0.6) is 11.5 Å². The van der Waals surface area contributed by atoms with Crippen molar-refractivity contribution in [3.63, 3.8) is 0 Å². The van der Waals surface area contributed by atoms with Gasteiger partial charge in [0.05, 0.1) is 12.0 Å². The molecule has 1 heterocycles. The first-order valence-electron chi connectivity index (χ1n) is 10.3. The van der Waals surface area contributed by atoms with E-state index in [1.54, 1.807) is 19.2 Å². The fraction of sp³-hybridized carbons (Fsp3) is 0.111. The summed E-state index contributed by atoms with van der Waals surface area (Å²) in [6, 6.07) is 27.3. The second-order valence-corrected chi connectivity index (χ2v) is 9.93. The largest absolute Gasteiger partial charge is 0.497 e. The Morgan fingerprint density at radius 2 is 1.50 bits per heavy atom. The molecule has 0 saturated heterocycles. The number of hydrogen-bond donors (Lipinski definition) is 0. The average molecular weight is 443 g/mol. The first-order chi connectivity index (χ1) is 15.4. The number of hydrogen-bond acceptors (Lipinski definition) is 4. The van der Waals surface area contributed by atoms with Crippen LogP contribution < -0.4 is 9.47 Å². The van der Waals surface area contributed by atoms with E-state index in [0.29, 0.717) is 4.90 Å². The van der Waals surface area contributed by atoms with Crippen molar-refractivity contribution < 1.29 is 17.9 Å². The van der Waals surface area contributed by atoms with Crippen molar-refractivity contribution in [2.75, 3.05) is 13.4 Å². The van der Waals surface area contributed by atoms with Gasteiger partial charge in [0.25, 0.3) is 0 Å². The molecular weight excluding hydrogens is 420 g/mol. The summed E-state index contributed by atoms with van der Waals surface area (Å²) in [5.74, 6) is 2.40. The highest BCUT2D eigenvalue weighted by Gasteiger charge is 2.23. The molecular formula is C27H22O4S. The molecule has 0 amide bonds. The average Bonchev–Trinajstić information content (AvgIpc) is 2.82. The summed E-state index contributed by atoms with van der Waals surface area (Å²) in [5, 5.41) is 2.21. The second kappa shape index (κ2) is 7.84. The number of para-hydroxylation sites is 1. The molecule has 32 heavy (non-hydrogen) atoms. The SMILES string of the molecule is COc1ccc2cc(C3=C(c4ccc(S(C)(=O)=O)cc4)Oc4ccccc4C3)ccc2c1. The molecule has 5 heteroatoms. The molecule has 0 N–H and O–H groups in total.